The molecule has 0 saturated carbocycles. The summed E-state index contributed by atoms with van der Waals surface area (Å²) in [6, 6.07) is 11.2. The highest BCUT2D eigenvalue weighted by molar-refractivity contribution is 7.89. The van der Waals surface area contributed by atoms with Crippen LogP contribution in [0.15, 0.2) is 59.1 Å². The van der Waals surface area contributed by atoms with E-state index in [-0.39, 0.29) is 30.3 Å². The van der Waals surface area contributed by atoms with Gasteiger partial charge in [0.2, 0.25) is 10.0 Å². The van der Waals surface area contributed by atoms with Gasteiger partial charge >= 0.3 is 0 Å². The number of nitriles is 1. The first kappa shape index (κ1) is 20.6. The molecule has 8 nitrogen and oxygen atoms in total. The Kier molecular flexibility index (Phi) is 6.66. The lowest BCUT2D eigenvalue weighted by Crippen LogP contribution is -2.25. The third kappa shape index (κ3) is 5.45. The number of nitrogens with one attached hydrogen (secondary N) is 2. The highest BCUT2D eigenvalue weighted by Crippen LogP contribution is 2.21. The molecule has 0 saturated heterocycles. The van der Waals surface area contributed by atoms with Gasteiger partial charge in [-0.05, 0) is 36.4 Å². The maximum absolute atomic E-state index is 12.3. The van der Waals surface area contributed by atoms with Crippen LogP contribution >= 0.6 is 11.3 Å². The van der Waals surface area contributed by atoms with Crippen LogP contribution in [0, 0.1) is 11.3 Å². The van der Waals surface area contributed by atoms with Crippen LogP contribution in [0.5, 0.6) is 0 Å². The number of sulfonamides is 1. The zero-order valence-electron chi connectivity index (χ0n) is 15.2. The van der Waals surface area contributed by atoms with E-state index in [9.17, 15) is 13.2 Å². The van der Waals surface area contributed by atoms with Crippen LogP contribution in [0.25, 0.3) is 11.3 Å². The minimum Gasteiger partial charge on any atom is -0.346 e. The number of benzene rings is 1. The number of pyridine rings is 1. The van der Waals surface area contributed by atoms with Crippen molar-refractivity contribution >= 4 is 27.3 Å². The Morgan fingerprint density at radius 2 is 1.86 bits per heavy atom. The fourth-order valence-corrected chi connectivity index (χ4v) is 4.19. The second-order valence-electron chi connectivity index (χ2n) is 5.88. The Balaban J connectivity index is 1.59. The summed E-state index contributed by atoms with van der Waals surface area (Å²) in [4.78, 5) is 20.8. The Morgan fingerprint density at radius 3 is 2.55 bits per heavy atom. The first-order chi connectivity index (χ1) is 14.0. The van der Waals surface area contributed by atoms with Crippen molar-refractivity contribution in [2.75, 3.05) is 6.54 Å². The maximum Gasteiger partial charge on any atom is 0.251 e. The molecule has 148 valence electrons. The summed E-state index contributed by atoms with van der Waals surface area (Å²) in [5, 5.41) is 13.9. The van der Waals surface area contributed by atoms with Crippen molar-refractivity contribution in [2.45, 2.75) is 17.9 Å². The summed E-state index contributed by atoms with van der Waals surface area (Å²) in [6.07, 6.45) is 3.47. The first-order valence-corrected chi connectivity index (χ1v) is 11.0. The van der Waals surface area contributed by atoms with Gasteiger partial charge in [-0.1, -0.05) is 0 Å². The molecule has 10 heteroatoms. The topological polar surface area (TPSA) is 125 Å². The molecule has 0 bridgehead atoms. The SMILES string of the molecule is N#CCCNS(=O)(=O)c1ccc(C(=O)NCc2nc(-c3ccncc3)cs2)cc1. The molecule has 2 N–H and O–H groups in total. The van der Waals surface area contributed by atoms with Crippen molar-refractivity contribution in [1.82, 2.24) is 20.0 Å². The molecule has 29 heavy (non-hydrogen) atoms. The molecule has 0 atom stereocenters. The Morgan fingerprint density at radius 1 is 1.14 bits per heavy atom. The van der Waals surface area contributed by atoms with Crippen LogP contribution in [0.1, 0.15) is 21.8 Å². The van der Waals surface area contributed by atoms with Gasteiger partial charge in [0, 0.05) is 41.9 Å². The zero-order chi connectivity index (χ0) is 20.7. The zero-order valence-corrected chi connectivity index (χ0v) is 16.8. The number of carbonyl (C=O) groups excluding carboxylic acids is 1. The van der Waals surface area contributed by atoms with Gasteiger partial charge in [0.15, 0.2) is 0 Å². The van der Waals surface area contributed by atoms with Gasteiger partial charge in [0.1, 0.15) is 5.01 Å². The third-order valence-electron chi connectivity index (χ3n) is 3.88. The number of rotatable bonds is 8. The molecular formula is C19H17N5O3S2. The highest BCUT2D eigenvalue weighted by Gasteiger charge is 2.14. The molecular weight excluding hydrogens is 410 g/mol. The summed E-state index contributed by atoms with van der Waals surface area (Å²) in [5.74, 6) is -0.327. The Labute approximate surface area is 172 Å². The van der Waals surface area contributed by atoms with Crippen molar-refractivity contribution in [3.8, 4) is 17.3 Å². The third-order valence-corrected chi connectivity index (χ3v) is 6.21. The fraction of sp³-hybridized carbons (Fsp3) is 0.158. The van der Waals surface area contributed by atoms with E-state index in [0.717, 1.165) is 16.3 Å². The van der Waals surface area contributed by atoms with Crippen molar-refractivity contribution in [2.24, 2.45) is 0 Å². The second kappa shape index (κ2) is 9.38. The van der Waals surface area contributed by atoms with E-state index in [4.69, 9.17) is 5.26 Å². The van der Waals surface area contributed by atoms with Gasteiger partial charge in [-0.3, -0.25) is 9.78 Å². The first-order valence-electron chi connectivity index (χ1n) is 8.59. The Hall–Kier alpha value is -3.13. The number of hydrogen-bond acceptors (Lipinski definition) is 7. The average Bonchev–Trinajstić information content (AvgIpc) is 3.22. The van der Waals surface area contributed by atoms with Crippen molar-refractivity contribution in [1.29, 1.82) is 5.26 Å². The molecule has 0 spiro atoms. The van der Waals surface area contributed by atoms with Gasteiger partial charge in [-0.25, -0.2) is 18.1 Å². The van der Waals surface area contributed by atoms with Gasteiger partial charge in [0.25, 0.3) is 5.91 Å². The molecule has 3 rings (SSSR count). The lowest BCUT2D eigenvalue weighted by molar-refractivity contribution is 0.0950. The van der Waals surface area contributed by atoms with E-state index in [2.05, 4.69) is 20.0 Å². The highest BCUT2D eigenvalue weighted by atomic mass is 32.2. The van der Waals surface area contributed by atoms with Crippen molar-refractivity contribution in [3.05, 3.63) is 64.7 Å². The van der Waals surface area contributed by atoms with Crippen LogP contribution in [0.2, 0.25) is 0 Å². The van der Waals surface area contributed by atoms with E-state index in [0.29, 0.717) is 5.56 Å². The molecule has 0 aliphatic carbocycles. The van der Waals surface area contributed by atoms with E-state index < -0.39 is 10.0 Å². The fourth-order valence-electron chi connectivity index (χ4n) is 2.42. The molecule has 0 aliphatic rings. The van der Waals surface area contributed by atoms with Crippen LogP contribution in [-0.2, 0) is 16.6 Å². The van der Waals surface area contributed by atoms with Crippen LogP contribution < -0.4 is 10.0 Å². The molecule has 3 aromatic rings. The Bertz CT molecular complexity index is 1120. The van der Waals surface area contributed by atoms with Gasteiger partial charge in [-0.15, -0.1) is 11.3 Å². The molecule has 0 unspecified atom stereocenters. The van der Waals surface area contributed by atoms with Crippen molar-refractivity contribution in [3.63, 3.8) is 0 Å². The predicted octanol–water partition coefficient (Wildman–Crippen LogP) is 2.33. The van der Waals surface area contributed by atoms with E-state index in [1.165, 1.54) is 35.6 Å². The van der Waals surface area contributed by atoms with E-state index in [1.807, 2.05) is 23.6 Å². The number of aromatic nitrogens is 2. The standard InChI is InChI=1S/C19H17N5O3S2/c20-8-1-9-23-29(26,27)16-4-2-15(3-5-16)19(25)22-12-18-24-17(13-28-18)14-6-10-21-11-7-14/h2-7,10-11,13,23H,1,9,12H2,(H,22,25). The molecule has 0 radical (unpaired) electrons. The van der Waals surface area contributed by atoms with Crippen LogP contribution in [0.3, 0.4) is 0 Å². The number of nitrogens with zero attached hydrogens (tertiary/aromatic N) is 3. The summed E-state index contributed by atoms with van der Waals surface area (Å²) >= 11 is 1.44. The average molecular weight is 428 g/mol. The quantitative estimate of drug-likeness (QED) is 0.532. The summed E-state index contributed by atoms with van der Waals surface area (Å²) in [5.41, 5.74) is 2.11. The molecule has 1 amide bonds. The molecule has 2 aromatic heterocycles. The lowest BCUT2D eigenvalue weighted by Gasteiger charge is -2.07. The van der Waals surface area contributed by atoms with Crippen LogP contribution in [0.4, 0.5) is 0 Å². The van der Waals surface area contributed by atoms with E-state index >= 15 is 0 Å². The molecule has 2 heterocycles. The molecule has 0 fully saturated rings. The van der Waals surface area contributed by atoms with Crippen LogP contribution in [-0.4, -0.2) is 30.8 Å². The smallest absolute Gasteiger partial charge is 0.251 e. The maximum atomic E-state index is 12.3. The monoisotopic (exact) mass is 427 g/mol. The number of amides is 1. The largest absolute Gasteiger partial charge is 0.346 e. The minimum absolute atomic E-state index is 0.0360. The summed E-state index contributed by atoms with van der Waals surface area (Å²) in [7, 11) is -3.70. The lowest BCUT2D eigenvalue weighted by atomic mass is 10.2. The summed E-state index contributed by atoms with van der Waals surface area (Å²) < 4.78 is 26.5. The summed E-state index contributed by atoms with van der Waals surface area (Å²) in [6.45, 7) is 0.306. The number of carbonyl (C=O) groups is 1. The van der Waals surface area contributed by atoms with Gasteiger partial charge < -0.3 is 5.32 Å². The normalized spacial score (nSPS) is 11.0. The van der Waals surface area contributed by atoms with Gasteiger partial charge in [-0.2, -0.15) is 5.26 Å². The minimum atomic E-state index is -3.70. The molecule has 0 aliphatic heterocycles. The van der Waals surface area contributed by atoms with E-state index in [1.54, 1.807) is 12.4 Å². The molecule has 1 aromatic carbocycles. The predicted molar refractivity (Wildman–Crippen MR) is 108 cm³/mol. The number of thiazole rings is 1. The second-order valence-corrected chi connectivity index (χ2v) is 8.58. The van der Waals surface area contributed by atoms with Gasteiger partial charge in [0.05, 0.1) is 23.2 Å². The van der Waals surface area contributed by atoms with Crippen molar-refractivity contribution < 1.29 is 13.2 Å². The number of hydrogen-bond donors (Lipinski definition) is 2.